The molecule has 0 saturated carbocycles. The highest BCUT2D eigenvalue weighted by Gasteiger charge is 2.13. The molecule has 6 heteroatoms. The van der Waals surface area contributed by atoms with Crippen LogP contribution in [-0.4, -0.2) is 16.8 Å². The van der Waals surface area contributed by atoms with E-state index < -0.39 is 0 Å². The van der Waals surface area contributed by atoms with Crippen molar-refractivity contribution in [3.05, 3.63) is 125 Å². The van der Waals surface area contributed by atoms with Crippen LogP contribution in [0.3, 0.4) is 0 Å². The van der Waals surface area contributed by atoms with Gasteiger partial charge in [0.25, 0.3) is 11.8 Å². The van der Waals surface area contributed by atoms with Crippen molar-refractivity contribution in [2.45, 2.75) is 27.0 Å². The molecule has 0 radical (unpaired) electrons. The smallest absolute Gasteiger partial charge is 0.255 e. The lowest BCUT2D eigenvalue weighted by molar-refractivity contribution is 0.0950. The quantitative estimate of drug-likeness (QED) is 0.362. The Bertz CT molecular complexity index is 1300. The molecule has 3 aromatic carbocycles. The van der Waals surface area contributed by atoms with Crippen LogP contribution in [0, 0.1) is 13.8 Å². The van der Waals surface area contributed by atoms with Crippen LogP contribution in [-0.2, 0) is 13.2 Å². The van der Waals surface area contributed by atoms with E-state index in [2.05, 4.69) is 15.6 Å². The monoisotopic (exact) mass is 465 g/mol. The lowest BCUT2D eigenvalue weighted by Crippen LogP contribution is -2.23. The van der Waals surface area contributed by atoms with Gasteiger partial charge in [-0.1, -0.05) is 36.4 Å². The summed E-state index contributed by atoms with van der Waals surface area (Å²) in [5.74, 6) is 0.384. The third-order valence-electron chi connectivity index (χ3n) is 5.50. The summed E-state index contributed by atoms with van der Waals surface area (Å²) < 4.78 is 5.99. The van der Waals surface area contributed by atoms with Crippen LogP contribution in [0.4, 0.5) is 5.69 Å². The highest BCUT2D eigenvalue weighted by molar-refractivity contribution is 6.04. The summed E-state index contributed by atoms with van der Waals surface area (Å²) in [5, 5.41) is 5.82. The second-order valence-electron chi connectivity index (χ2n) is 8.29. The average molecular weight is 466 g/mol. The number of hydrogen-bond acceptors (Lipinski definition) is 4. The summed E-state index contributed by atoms with van der Waals surface area (Å²) in [6.07, 6.45) is 3.50. The fraction of sp³-hybridized carbons (Fsp3) is 0.138. The molecule has 4 aromatic rings. The van der Waals surface area contributed by atoms with Gasteiger partial charge in [0.05, 0.1) is 0 Å². The van der Waals surface area contributed by atoms with E-state index in [9.17, 15) is 9.59 Å². The number of para-hydroxylation sites is 1. The molecule has 1 heterocycles. The molecule has 0 atom stereocenters. The number of benzene rings is 3. The minimum Gasteiger partial charge on any atom is -0.488 e. The normalized spacial score (nSPS) is 10.5. The number of amides is 2. The SMILES string of the molecule is Cc1cc(C(=O)NCc2cccc(C(=O)Nc3ccccc3)c2)cc(C)c1OCc1cccnc1. The maximum absolute atomic E-state index is 12.8. The number of nitrogens with one attached hydrogen (secondary N) is 2. The zero-order valence-electron chi connectivity index (χ0n) is 19.7. The largest absolute Gasteiger partial charge is 0.488 e. The highest BCUT2D eigenvalue weighted by atomic mass is 16.5. The first-order valence-electron chi connectivity index (χ1n) is 11.4. The third kappa shape index (κ3) is 6.32. The first-order chi connectivity index (χ1) is 17.0. The Morgan fingerprint density at radius 3 is 2.26 bits per heavy atom. The molecule has 0 spiro atoms. The summed E-state index contributed by atoms with van der Waals surface area (Å²) in [4.78, 5) is 29.5. The van der Waals surface area contributed by atoms with Crippen LogP contribution in [0.5, 0.6) is 5.75 Å². The lowest BCUT2D eigenvalue weighted by atomic mass is 10.0. The second kappa shape index (κ2) is 11.1. The van der Waals surface area contributed by atoms with Crippen molar-refractivity contribution in [2.75, 3.05) is 5.32 Å². The minimum absolute atomic E-state index is 0.186. The fourth-order valence-corrected chi connectivity index (χ4v) is 3.78. The van der Waals surface area contributed by atoms with E-state index in [-0.39, 0.29) is 11.8 Å². The zero-order valence-corrected chi connectivity index (χ0v) is 19.7. The van der Waals surface area contributed by atoms with Gasteiger partial charge in [0.2, 0.25) is 0 Å². The Balaban J connectivity index is 1.37. The molecule has 0 saturated heterocycles. The van der Waals surface area contributed by atoms with Crippen LogP contribution < -0.4 is 15.4 Å². The number of ether oxygens (including phenoxy) is 1. The number of rotatable bonds is 8. The number of hydrogen-bond donors (Lipinski definition) is 2. The number of aromatic nitrogens is 1. The van der Waals surface area contributed by atoms with Crippen LogP contribution in [0.2, 0.25) is 0 Å². The Morgan fingerprint density at radius 2 is 1.54 bits per heavy atom. The van der Waals surface area contributed by atoms with E-state index in [0.29, 0.717) is 24.3 Å². The third-order valence-corrected chi connectivity index (χ3v) is 5.50. The molecule has 0 aliphatic rings. The number of anilines is 1. The molecule has 35 heavy (non-hydrogen) atoms. The van der Waals surface area contributed by atoms with Crippen molar-refractivity contribution >= 4 is 17.5 Å². The van der Waals surface area contributed by atoms with Gasteiger partial charge >= 0.3 is 0 Å². The van der Waals surface area contributed by atoms with Crippen LogP contribution in [0.15, 0.2) is 91.3 Å². The molecule has 0 fully saturated rings. The van der Waals surface area contributed by atoms with Gasteiger partial charge in [-0.2, -0.15) is 0 Å². The van der Waals surface area contributed by atoms with Gasteiger partial charge in [-0.3, -0.25) is 14.6 Å². The fourth-order valence-electron chi connectivity index (χ4n) is 3.78. The molecule has 0 bridgehead atoms. The van der Waals surface area contributed by atoms with Crippen molar-refractivity contribution in [3.8, 4) is 5.75 Å². The predicted molar refractivity (Wildman–Crippen MR) is 136 cm³/mol. The van der Waals surface area contributed by atoms with E-state index in [4.69, 9.17) is 4.74 Å². The second-order valence-corrected chi connectivity index (χ2v) is 8.29. The van der Waals surface area contributed by atoms with Gasteiger partial charge in [0, 0.05) is 41.3 Å². The van der Waals surface area contributed by atoms with Crippen molar-refractivity contribution in [3.63, 3.8) is 0 Å². The lowest BCUT2D eigenvalue weighted by Gasteiger charge is -2.14. The van der Waals surface area contributed by atoms with E-state index >= 15 is 0 Å². The molecule has 0 unspecified atom stereocenters. The van der Waals surface area contributed by atoms with Gasteiger partial charge in [-0.15, -0.1) is 0 Å². The Morgan fingerprint density at radius 1 is 0.800 bits per heavy atom. The zero-order chi connectivity index (χ0) is 24.6. The van der Waals surface area contributed by atoms with Gasteiger partial charge in [0.1, 0.15) is 12.4 Å². The number of nitrogens with zero attached hydrogens (tertiary/aromatic N) is 1. The summed E-state index contributed by atoms with van der Waals surface area (Å²) in [6.45, 7) is 4.58. The molecule has 2 N–H and O–H groups in total. The first kappa shape index (κ1) is 23.7. The van der Waals surface area contributed by atoms with Crippen LogP contribution in [0.25, 0.3) is 0 Å². The summed E-state index contributed by atoms with van der Waals surface area (Å²) >= 11 is 0. The highest BCUT2D eigenvalue weighted by Crippen LogP contribution is 2.26. The van der Waals surface area contributed by atoms with Crippen molar-refractivity contribution in [1.82, 2.24) is 10.3 Å². The van der Waals surface area contributed by atoms with Gasteiger partial charge < -0.3 is 15.4 Å². The summed E-state index contributed by atoms with van der Waals surface area (Å²) in [5.41, 5.74) is 5.41. The van der Waals surface area contributed by atoms with Crippen molar-refractivity contribution in [2.24, 2.45) is 0 Å². The Kier molecular flexibility index (Phi) is 7.53. The average Bonchev–Trinajstić information content (AvgIpc) is 2.88. The van der Waals surface area contributed by atoms with E-state index in [1.54, 1.807) is 24.5 Å². The maximum atomic E-state index is 12.8. The molecule has 6 nitrogen and oxygen atoms in total. The molecule has 2 amide bonds. The number of carbonyl (C=O) groups excluding carboxylic acids is 2. The van der Waals surface area contributed by atoms with E-state index in [1.807, 2.05) is 80.6 Å². The maximum Gasteiger partial charge on any atom is 0.255 e. The van der Waals surface area contributed by atoms with E-state index in [0.717, 1.165) is 33.7 Å². The molecule has 0 aliphatic heterocycles. The van der Waals surface area contributed by atoms with Gasteiger partial charge in [0.15, 0.2) is 0 Å². The van der Waals surface area contributed by atoms with E-state index in [1.165, 1.54) is 0 Å². The number of pyridine rings is 1. The van der Waals surface area contributed by atoms with Gasteiger partial charge in [-0.25, -0.2) is 0 Å². The Hall–Kier alpha value is -4.45. The standard InChI is InChI=1S/C29H27N3O3/c1-20-14-25(15-21(2)27(20)35-19-23-9-7-13-30-17-23)28(33)31-18-22-8-6-10-24(16-22)29(34)32-26-11-4-3-5-12-26/h3-17H,18-19H2,1-2H3,(H,31,33)(H,32,34). The first-order valence-corrected chi connectivity index (χ1v) is 11.4. The van der Waals surface area contributed by atoms with Crippen LogP contribution >= 0.6 is 0 Å². The minimum atomic E-state index is -0.197. The molecule has 0 aliphatic carbocycles. The number of carbonyl (C=O) groups is 2. The predicted octanol–water partition coefficient (Wildman–Crippen LogP) is 5.46. The topological polar surface area (TPSA) is 80.3 Å². The van der Waals surface area contributed by atoms with Gasteiger partial charge in [-0.05, 0) is 73.0 Å². The molecular formula is C29H27N3O3. The molecular weight excluding hydrogens is 438 g/mol. The number of aryl methyl sites for hydroxylation is 2. The van der Waals surface area contributed by atoms with Crippen molar-refractivity contribution in [1.29, 1.82) is 0 Å². The van der Waals surface area contributed by atoms with Crippen LogP contribution in [0.1, 0.15) is 43.0 Å². The Labute approximate surface area is 205 Å². The molecule has 4 rings (SSSR count). The summed E-state index contributed by atoms with van der Waals surface area (Å²) in [7, 11) is 0. The molecule has 1 aromatic heterocycles. The molecule has 176 valence electrons. The summed E-state index contributed by atoms with van der Waals surface area (Å²) in [6, 6.07) is 24.0. The van der Waals surface area contributed by atoms with Crippen molar-refractivity contribution < 1.29 is 14.3 Å².